The Balaban J connectivity index is 1.85. The number of imide groups is 1. The van der Waals surface area contributed by atoms with Gasteiger partial charge in [-0.2, -0.15) is 0 Å². The summed E-state index contributed by atoms with van der Waals surface area (Å²) in [6.45, 7) is 5.95. The highest BCUT2D eigenvalue weighted by atomic mass is 16.2. The van der Waals surface area contributed by atoms with Crippen LogP contribution < -0.4 is 16.0 Å². The van der Waals surface area contributed by atoms with Gasteiger partial charge in [0.2, 0.25) is 5.91 Å². The summed E-state index contributed by atoms with van der Waals surface area (Å²) in [5.74, 6) is -0.525. The highest BCUT2D eigenvalue weighted by Crippen LogP contribution is 2.33. The number of urea groups is 1. The SMILES string of the molecule is CCN(CC)CC(=O)Nc1ccc(C2(c3ccccc3)NC(=O)NC2=O)cc1. The maximum Gasteiger partial charge on any atom is 0.322 e. The number of nitrogens with one attached hydrogen (secondary N) is 3. The van der Waals surface area contributed by atoms with Crippen molar-refractivity contribution >= 4 is 23.5 Å². The number of benzene rings is 2. The first-order chi connectivity index (χ1) is 13.5. The summed E-state index contributed by atoms with van der Waals surface area (Å²) < 4.78 is 0. The molecule has 2 aromatic carbocycles. The third kappa shape index (κ3) is 3.75. The lowest BCUT2D eigenvalue weighted by Gasteiger charge is -2.27. The standard InChI is InChI=1S/C21H24N4O3/c1-3-25(4-2)14-18(26)22-17-12-10-16(11-13-17)21(15-8-6-5-7-9-15)19(27)23-20(28)24-21/h5-13H,3-4,14H2,1-2H3,(H,22,26)(H2,23,24,27,28). The number of amides is 4. The van der Waals surface area contributed by atoms with Crippen LogP contribution in [0, 0.1) is 0 Å². The lowest BCUT2D eigenvalue weighted by molar-refractivity contribution is -0.123. The van der Waals surface area contributed by atoms with Crippen molar-refractivity contribution in [3.8, 4) is 0 Å². The van der Waals surface area contributed by atoms with Gasteiger partial charge in [-0.05, 0) is 36.3 Å². The van der Waals surface area contributed by atoms with Crippen LogP contribution in [0.15, 0.2) is 54.6 Å². The summed E-state index contributed by atoms with van der Waals surface area (Å²) in [7, 11) is 0. The van der Waals surface area contributed by atoms with Gasteiger partial charge in [-0.15, -0.1) is 0 Å². The Morgan fingerprint density at radius 1 is 0.964 bits per heavy atom. The van der Waals surface area contributed by atoms with E-state index in [1.54, 1.807) is 36.4 Å². The van der Waals surface area contributed by atoms with Gasteiger partial charge in [-0.25, -0.2) is 4.79 Å². The Hall–Kier alpha value is -3.19. The van der Waals surface area contributed by atoms with Crippen LogP contribution in [0.2, 0.25) is 0 Å². The van der Waals surface area contributed by atoms with Crippen molar-refractivity contribution in [2.24, 2.45) is 0 Å². The highest BCUT2D eigenvalue weighted by Gasteiger charge is 2.49. The van der Waals surface area contributed by atoms with E-state index in [-0.39, 0.29) is 5.91 Å². The number of rotatable bonds is 7. The Morgan fingerprint density at radius 3 is 2.11 bits per heavy atom. The second-order valence-corrected chi connectivity index (χ2v) is 6.61. The van der Waals surface area contributed by atoms with Crippen molar-refractivity contribution < 1.29 is 14.4 Å². The molecule has 0 bridgehead atoms. The fourth-order valence-electron chi connectivity index (χ4n) is 3.37. The molecule has 28 heavy (non-hydrogen) atoms. The number of nitrogens with zero attached hydrogens (tertiary/aromatic N) is 1. The van der Waals surface area contributed by atoms with E-state index in [1.807, 2.05) is 36.9 Å². The number of hydrogen-bond donors (Lipinski definition) is 3. The Kier molecular flexibility index (Phi) is 5.75. The maximum absolute atomic E-state index is 12.7. The summed E-state index contributed by atoms with van der Waals surface area (Å²) in [4.78, 5) is 38.8. The van der Waals surface area contributed by atoms with Gasteiger partial charge in [0.05, 0.1) is 6.54 Å². The normalized spacial score (nSPS) is 18.7. The van der Waals surface area contributed by atoms with Crippen molar-refractivity contribution in [1.29, 1.82) is 0 Å². The van der Waals surface area contributed by atoms with Crippen LogP contribution in [0.25, 0.3) is 0 Å². The van der Waals surface area contributed by atoms with E-state index in [2.05, 4.69) is 16.0 Å². The molecule has 0 radical (unpaired) electrons. The van der Waals surface area contributed by atoms with Crippen molar-refractivity contribution in [3.63, 3.8) is 0 Å². The van der Waals surface area contributed by atoms with E-state index in [0.29, 0.717) is 23.4 Å². The fraction of sp³-hybridized carbons (Fsp3) is 0.286. The molecular formula is C21H24N4O3. The number of carbonyl (C=O) groups excluding carboxylic acids is 3. The van der Waals surface area contributed by atoms with E-state index in [9.17, 15) is 14.4 Å². The minimum atomic E-state index is -1.29. The monoisotopic (exact) mass is 380 g/mol. The maximum atomic E-state index is 12.7. The molecule has 1 aliphatic rings. The molecule has 1 aliphatic heterocycles. The van der Waals surface area contributed by atoms with Gasteiger partial charge in [-0.3, -0.25) is 19.8 Å². The topological polar surface area (TPSA) is 90.5 Å². The molecule has 7 heteroatoms. The molecular weight excluding hydrogens is 356 g/mol. The molecule has 2 aromatic rings. The van der Waals surface area contributed by atoms with Gasteiger partial charge in [0.25, 0.3) is 5.91 Å². The molecule has 4 amide bonds. The van der Waals surface area contributed by atoms with Gasteiger partial charge in [0.1, 0.15) is 0 Å². The third-order valence-electron chi connectivity index (χ3n) is 4.94. The van der Waals surface area contributed by atoms with Crippen LogP contribution in [0.3, 0.4) is 0 Å². The molecule has 1 unspecified atom stereocenters. The lowest BCUT2D eigenvalue weighted by Crippen LogP contribution is -2.44. The van der Waals surface area contributed by atoms with E-state index < -0.39 is 17.5 Å². The van der Waals surface area contributed by atoms with Crippen molar-refractivity contribution in [2.75, 3.05) is 25.0 Å². The van der Waals surface area contributed by atoms with Gasteiger partial charge in [-0.1, -0.05) is 56.3 Å². The summed E-state index contributed by atoms with van der Waals surface area (Å²) in [6, 6.07) is 15.5. The molecule has 3 rings (SSSR count). The summed E-state index contributed by atoms with van der Waals surface area (Å²) >= 11 is 0. The van der Waals surface area contributed by atoms with Crippen LogP contribution in [0.4, 0.5) is 10.5 Å². The molecule has 1 fully saturated rings. The first-order valence-corrected chi connectivity index (χ1v) is 9.31. The molecule has 0 saturated carbocycles. The van der Waals surface area contributed by atoms with E-state index >= 15 is 0 Å². The van der Waals surface area contributed by atoms with Crippen LogP contribution >= 0.6 is 0 Å². The molecule has 0 aromatic heterocycles. The van der Waals surface area contributed by atoms with Crippen molar-refractivity contribution in [2.45, 2.75) is 19.4 Å². The zero-order valence-electron chi connectivity index (χ0n) is 16.0. The Labute approximate surface area is 164 Å². The van der Waals surface area contributed by atoms with Gasteiger partial charge in [0.15, 0.2) is 5.54 Å². The second-order valence-electron chi connectivity index (χ2n) is 6.61. The third-order valence-corrected chi connectivity index (χ3v) is 4.94. The number of carbonyl (C=O) groups is 3. The quantitative estimate of drug-likeness (QED) is 0.641. The predicted octanol–water partition coefficient (Wildman–Crippen LogP) is 2.05. The molecule has 1 saturated heterocycles. The fourth-order valence-corrected chi connectivity index (χ4v) is 3.37. The van der Waals surface area contributed by atoms with Crippen LogP contribution in [-0.2, 0) is 15.1 Å². The van der Waals surface area contributed by atoms with E-state index in [0.717, 1.165) is 13.1 Å². The van der Waals surface area contributed by atoms with Gasteiger partial charge in [0, 0.05) is 5.69 Å². The van der Waals surface area contributed by atoms with Crippen molar-refractivity contribution in [3.05, 3.63) is 65.7 Å². The molecule has 3 N–H and O–H groups in total. The molecule has 146 valence electrons. The highest BCUT2D eigenvalue weighted by molar-refractivity contribution is 6.09. The Bertz CT molecular complexity index is 863. The van der Waals surface area contributed by atoms with Crippen LogP contribution in [-0.4, -0.2) is 42.4 Å². The van der Waals surface area contributed by atoms with E-state index in [4.69, 9.17) is 0 Å². The molecule has 7 nitrogen and oxygen atoms in total. The largest absolute Gasteiger partial charge is 0.325 e. The molecule has 1 atom stereocenters. The smallest absolute Gasteiger partial charge is 0.322 e. The predicted molar refractivity (Wildman–Crippen MR) is 107 cm³/mol. The second kappa shape index (κ2) is 8.22. The number of likely N-dealkylation sites (N-methyl/N-ethyl adjacent to an activating group) is 1. The molecule has 1 heterocycles. The molecule has 0 aliphatic carbocycles. The number of anilines is 1. The average molecular weight is 380 g/mol. The zero-order chi connectivity index (χ0) is 20.1. The molecule has 0 spiro atoms. The van der Waals surface area contributed by atoms with Gasteiger partial charge >= 0.3 is 6.03 Å². The zero-order valence-corrected chi connectivity index (χ0v) is 16.0. The van der Waals surface area contributed by atoms with Crippen LogP contribution in [0.1, 0.15) is 25.0 Å². The first kappa shape index (κ1) is 19.6. The van der Waals surface area contributed by atoms with Gasteiger partial charge < -0.3 is 10.6 Å². The minimum absolute atomic E-state index is 0.0962. The summed E-state index contributed by atoms with van der Waals surface area (Å²) in [5, 5.41) is 7.94. The average Bonchev–Trinajstić information content (AvgIpc) is 3.02. The summed E-state index contributed by atoms with van der Waals surface area (Å²) in [5.41, 5.74) is 0.622. The lowest BCUT2D eigenvalue weighted by atomic mass is 9.83. The van der Waals surface area contributed by atoms with Crippen LogP contribution in [0.5, 0.6) is 0 Å². The van der Waals surface area contributed by atoms with Crippen molar-refractivity contribution in [1.82, 2.24) is 15.5 Å². The number of hydrogen-bond acceptors (Lipinski definition) is 4. The Morgan fingerprint density at radius 2 is 1.57 bits per heavy atom. The first-order valence-electron chi connectivity index (χ1n) is 9.31. The van der Waals surface area contributed by atoms with E-state index in [1.165, 1.54) is 0 Å². The summed E-state index contributed by atoms with van der Waals surface area (Å²) in [6.07, 6.45) is 0. The minimum Gasteiger partial charge on any atom is -0.325 e.